The molecule has 4 rings (SSSR count). The van der Waals surface area contributed by atoms with E-state index < -0.39 is 0 Å². The molecule has 0 N–H and O–H groups in total. The Hall–Kier alpha value is -1.29. The maximum absolute atomic E-state index is 12.1. The Morgan fingerprint density at radius 3 is 2.89 bits per heavy atom. The Balaban J connectivity index is 1.65. The molecule has 1 atom stereocenters. The van der Waals surface area contributed by atoms with Crippen LogP contribution in [-0.2, 0) is 17.6 Å². The van der Waals surface area contributed by atoms with Crippen LogP contribution >= 0.6 is 34.5 Å². The van der Waals surface area contributed by atoms with Gasteiger partial charge in [-0.15, -0.1) is 11.3 Å². The third-order valence-corrected chi connectivity index (χ3v) is 7.48. The quantitative estimate of drug-likeness (QED) is 0.515. The van der Waals surface area contributed by atoms with E-state index in [1.165, 1.54) is 4.88 Å². The van der Waals surface area contributed by atoms with Gasteiger partial charge in [-0.05, 0) is 54.0 Å². The first-order valence-corrected chi connectivity index (χ1v) is 11.1. The number of carbonyl (C=O) groups excluding carboxylic acids is 1. The largest absolute Gasteiger partial charge is 0.492 e. The highest BCUT2D eigenvalue weighted by Gasteiger charge is 2.45. The van der Waals surface area contributed by atoms with Crippen molar-refractivity contribution in [3.8, 4) is 5.75 Å². The summed E-state index contributed by atoms with van der Waals surface area (Å²) in [5, 5.41) is 3.05. The van der Waals surface area contributed by atoms with Gasteiger partial charge in [0.1, 0.15) is 10.8 Å². The Morgan fingerprint density at radius 2 is 2.15 bits per heavy atom. The second-order valence-electron chi connectivity index (χ2n) is 7.45. The van der Waals surface area contributed by atoms with Crippen LogP contribution in [0.25, 0.3) is 5.57 Å². The van der Waals surface area contributed by atoms with Gasteiger partial charge in [0.05, 0.1) is 11.6 Å². The fourth-order valence-electron chi connectivity index (χ4n) is 4.50. The van der Waals surface area contributed by atoms with Crippen molar-refractivity contribution >= 4 is 45.9 Å². The number of fused-ring (bicyclic) bond motifs is 3. The molecule has 1 unspecified atom stereocenters. The maximum Gasteiger partial charge on any atom is 0.156 e. The smallest absolute Gasteiger partial charge is 0.156 e. The maximum atomic E-state index is 12.1. The fraction of sp³-hybridized carbons (Fsp3) is 0.409. The number of ether oxygens (including phenoxy) is 1. The van der Waals surface area contributed by atoms with E-state index in [0.29, 0.717) is 28.8 Å². The monoisotopic (exact) mass is 420 g/mol. The predicted molar refractivity (Wildman–Crippen MR) is 113 cm³/mol. The lowest BCUT2D eigenvalue weighted by Gasteiger charge is -2.33. The minimum absolute atomic E-state index is 0.0214. The Kier molecular flexibility index (Phi) is 5.37. The van der Waals surface area contributed by atoms with E-state index in [-0.39, 0.29) is 11.2 Å². The molecule has 0 saturated carbocycles. The molecule has 2 aliphatic carbocycles. The first-order chi connectivity index (χ1) is 13.0. The summed E-state index contributed by atoms with van der Waals surface area (Å²) in [4.78, 5) is 13.4. The molecule has 0 saturated heterocycles. The fourth-order valence-corrected chi connectivity index (χ4v) is 5.71. The molecule has 27 heavy (non-hydrogen) atoms. The third kappa shape index (κ3) is 3.46. The van der Waals surface area contributed by atoms with E-state index in [0.717, 1.165) is 48.8 Å². The third-order valence-electron chi connectivity index (χ3n) is 5.69. The number of rotatable bonds is 6. The summed E-state index contributed by atoms with van der Waals surface area (Å²) in [6.45, 7) is 2.76. The minimum atomic E-state index is 0.0214. The average Bonchev–Trinajstić information content (AvgIpc) is 3.25. The van der Waals surface area contributed by atoms with Crippen molar-refractivity contribution in [3.63, 3.8) is 0 Å². The van der Waals surface area contributed by atoms with Crippen LogP contribution in [0.4, 0.5) is 0 Å². The summed E-state index contributed by atoms with van der Waals surface area (Å²) in [5.74, 6) is 0.835. The summed E-state index contributed by atoms with van der Waals surface area (Å²) in [5.41, 5.74) is 3.24. The van der Waals surface area contributed by atoms with Gasteiger partial charge in [-0.1, -0.05) is 42.6 Å². The highest BCUT2D eigenvalue weighted by atomic mass is 35.5. The van der Waals surface area contributed by atoms with E-state index in [4.69, 9.17) is 27.9 Å². The van der Waals surface area contributed by atoms with Crippen molar-refractivity contribution in [1.29, 1.82) is 0 Å². The molecular weight excluding hydrogens is 399 g/mol. The van der Waals surface area contributed by atoms with Crippen LogP contribution in [0.15, 0.2) is 29.7 Å². The first kappa shape index (κ1) is 19.0. The second kappa shape index (κ2) is 7.62. The molecule has 5 heteroatoms. The van der Waals surface area contributed by atoms with Crippen LogP contribution in [0, 0.1) is 5.41 Å². The highest BCUT2D eigenvalue weighted by Crippen LogP contribution is 2.58. The molecule has 2 nitrogen and oxygen atoms in total. The van der Waals surface area contributed by atoms with Crippen molar-refractivity contribution < 1.29 is 9.53 Å². The van der Waals surface area contributed by atoms with Crippen molar-refractivity contribution in [3.05, 3.63) is 55.7 Å². The average molecular weight is 421 g/mol. The molecule has 142 valence electrons. The number of thiophene rings is 1. The van der Waals surface area contributed by atoms with E-state index in [2.05, 4.69) is 18.4 Å². The molecular formula is C22H22Cl2O2S. The normalized spacial score (nSPS) is 21.0. The minimum Gasteiger partial charge on any atom is -0.492 e. The van der Waals surface area contributed by atoms with Gasteiger partial charge in [0.2, 0.25) is 0 Å². The molecule has 1 aromatic carbocycles. The lowest BCUT2D eigenvalue weighted by Crippen LogP contribution is -2.25. The van der Waals surface area contributed by atoms with Gasteiger partial charge in [0.25, 0.3) is 0 Å². The topological polar surface area (TPSA) is 26.3 Å². The zero-order valence-corrected chi connectivity index (χ0v) is 17.6. The SMILES string of the molecule is CCCC12CCC(=O)C=C1c1c(cc(OCCc3cccs3)c(Cl)c1Cl)C2. The number of hydrogen-bond donors (Lipinski definition) is 0. The number of hydrogen-bond acceptors (Lipinski definition) is 3. The number of benzene rings is 1. The summed E-state index contributed by atoms with van der Waals surface area (Å²) in [6.07, 6.45) is 7.22. The first-order valence-electron chi connectivity index (χ1n) is 9.45. The summed E-state index contributed by atoms with van der Waals surface area (Å²) in [6, 6.07) is 6.19. The molecule has 2 aliphatic rings. The molecule has 0 spiro atoms. The molecule has 0 fully saturated rings. The van der Waals surface area contributed by atoms with Gasteiger partial charge in [-0.25, -0.2) is 0 Å². The number of allylic oxidation sites excluding steroid dienone is 2. The van der Waals surface area contributed by atoms with Gasteiger partial charge >= 0.3 is 0 Å². The van der Waals surface area contributed by atoms with Crippen molar-refractivity contribution in [2.24, 2.45) is 5.41 Å². The molecule has 0 amide bonds. The van der Waals surface area contributed by atoms with E-state index in [1.54, 1.807) is 11.3 Å². The lowest BCUT2D eigenvalue weighted by molar-refractivity contribution is -0.115. The molecule has 0 aliphatic heterocycles. The second-order valence-corrected chi connectivity index (χ2v) is 9.23. The van der Waals surface area contributed by atoms with Crippen LogP contribution < -0.4 is 4.74 Å². The summed E-state index contributed by atoms with van der Waals surface area (Å²) >= 11 is 15.0. The molecule has 1 aromatic heterocycles. The van der Waals surface area contributed by atoms with Crippen molar-refractivity contribution in [2.75, 3.05) is 6.61 Å². The molecule has 2 aromatic rings. The Labute approximate surface area is 174 Å². The summed E-state index contributed by atoms with van der Waals surface area (Å²) in [7, 11) is 0. The van der Waals surface area contributed by atoms with Crippen molar-refractivity contribution in [1.82, 2.24) is 0 Å². The van der Waals surface area contributed by atoms with E-state index >= 15 is 0 Å². The number of carbonyl (C=O) groups is 1. The van der Waals surface area contributed by atoms with Gasteiger partial charge < -0.3 is 4.74 Å². The lowest BCUT2D eigenvalue weighted by atomic mass is 9.70. The van der Waals surface area contributed by atoms with Gasteiger partial charge in [0.15, 0.2) is 5.78 Å². The predicted octanol–water partition coefficient (Wildman–Crippen LogP) is 6.77. The van der Waals surface area contributed by atoms with Crippen LogP contribution in [0.1, 0.15) is 48.6 Å². The van der Waals surface area contributed by atoms with E-state index in [9.17, 15) is 4.79 Å². The van der Waals surface area contributed by atoms with E-state index in [1.807, 2.05) is 18.2 Å². The molecule has 0 bridgehead atoms. The standard InChI is InChI=1S/C22H22Cl2O2S/c1-2-7-22-8-5-15(25)12-17(22)19-14(13-22)11-18(20(23)21(19)24)26-9-6-16-4-3-10-27-16/h3-4,10-12H,2,5-9,13H2,1H3. The van der Waals surface area contributed by atoms with Gasteiger partial charge in [-0.2, -0.15) is 0 Å². The zero-order valence-electron chi connectivity index (χ0n) is 15.3. The number of halogens is 2. The summed E-state index contributed by atoms with van der Waals surface area (Å²) < 4.78 is 5.99. The van der Waals surface area contributed by atoms with Crippen LogP contribution in [0.2, 0.25) is 10.0 Å². The Bertz CT molecular complexity index is 902. The molecule has 1 heterocycles. The van der Waals surface area contributed by atoms with Gasteiger partial charge in [-0.3, -0.25) is 4.79 Å². The highest BCUT2D eigenvalue weighted by molar-refractivity contribution is 7.09. The van der Waals surface area contributed by atoms with Crippen LogP contribution in [0.3, 0.4) is 0 Å². The zero-order chi connectivity index (χ0) is 19.0. The van der Waals surface area contributed by atoms with Crippen LogP contribution in [0.5, 0.6) is 5.75 Å². The number of ketones is 1. The van der Waals surface area contributed by atoms with Crippen molar-refractivity contribution in [2.45, 2.75) is 45.4 Å². The Morgan fingerprint density at radius 1 is 1.30 bits per heavy atom. The van der Waals surface area contributed by atoms with Crippen LogP contribution in [-0.4, -0.2) is 12.4 Å². The molecule has 0 radical (unpaired) electrons. The van der Waals surface area contributed by atoms with Gasteiger partial charge in [0, 0.05) is 28.7 Å².